The van der Waals surface area contributed by atoms with E-state index in [1.54, 1.807) is 18.2 Å². The number of fused-ring (bicyclic) bond motifs is 1. The van der Waals surface area contributed by atoms with Gasteiger partial charge in [-0.2, -0.15) is 0 Å². The Labute approximate surface area is 171 Å². The fourth-order valence-electron chi connectivity index (χ4n) is 2.81. The van der Waals surface area contributed by atoms with Gasteiger partial charge in [-0.15, -0.1) is 0 Å². The lowest BCUT2D eigenvalue weighted by atomic mass is 10.1. The van der Waals surface area contributed by atoms with E-state index in [0.29, 0.717) is 33.1 Å². The molecule has 0 unspecified atom stereocenters. The Kier molecular flexibility index (Phi) is 4.90. The summed E-state index contributed by atoms with van der Waals surface area (Å²) >= 11 is 12.3. The Balaban J connectivity index is 1.69. The molecule has 0 amide bonds. The molecule has 4 aromatic rings. The van der Waals surface area contributed by atoms with Gasteiger partial charge in [0, 0.05) is 21.8 Å². The third-order valence-electron chi connectivity index (χ3n) is 4.19. The molecule has 140 valence electrons. The molecule has 0 saturated carbocycles. The number of hydrogen-bond acceptors (Lipinski definition) is 6. The van der Waals surface area contributed by atoms with E-state index >= 15 is 0 Å². The van der Waals surface area contributed by atoms with Crippen molar-refractivity contribution in [2.24, 2.45) is 0 Å². The van der Waals surface area contributed by atoms with E-state index < -0.39 is 0 Å². The smallest absolute Gasteiger partial charge is 0.159 e. The summed E-state index contributed by atoms with van der Waals surface area (Å²) in [5.41, 5.74) is 9.95. The number of nitrogens with two attached hydrogens (primary N) is 1. The highest BCUT2D eigenvalue weighted by Gasteiger charge is 2.12. The van der Waals surface area contributed by atoms with E-state index in [1.807, 2.05) is 37.3 Å². The van der Waals surface area contributed by atoms with Crippen molar-refractivity contribution in [3.05, 3.63) is 70.6 Å². The van der Waals surface area contributed by atoms with Gasteiger partial charge < -0.3 is 16.4 Å². The average molecular weight is 411 g/mol. The Morgan fingerprint density at radius 3 is 2.43 bits per heavy atom. The minimum Gasteiger partial charge on any atom is -0.393 e. The zero-order valence-electron chi connectivity index (χ0n) is 14.9. The average Bonchev–Trinajstić information content (AvgIpc) is 2.67. The fourth-order valence-corrected chi connectivity index (χ4v) is 3.15. The Morgan fingerprint density at radius 1 is 0.893 bits per heavy atom. The second-order valence-electron chi connectivity index (χ2n) is 6.18. The van der Waals surface area contributed by atoms with E-state index in [9.17, 15) is 0 Å². The summed E-state index contributed by atoms with van der Waals surface area (Å²) in [6.45, 7) is 1.96. The molecular formula is C20H16Cl2N6. The number of aryl methyl sites for hydroxylation is 1. The van der Waals surface area contributed by atoms with Crippen molar-refractivity contribution in [2.45, 2.75) is 6.92 Å². The lowest BCUT2D eigenvalue weighted by molar-refractivity contribution is 1.17. The molecule has 6 nitrogen and oxygen atoms in total. The molecule has 0 bridgehead atoms. The standard InChI is InChI=1S/C20H16Cl2N6/c1-11-5-7-13-15(26-11)3-2-4-16(13)27-19-18(23)20(25-10-24-19)28-17-9-12(21)6-8-14(17)22/h2-10H,23H2,1H3,(H2,24,25,27,28). The molecule has 4 rings (SSSR count). The molecule has 4 N–H and O–H groups in total. The molecule has 0 radical (unpaired) electrons. The van der Waals surface area contributed by atoms with Crippen molar-refractivity contribution < 1.29 is 0 Å². The van der Waals surface area contributed by atoms with Crippen molar-refractivity contribution in [2.75, 3.05) is 16.4 Å². The first kappa shape index (κ1) is 18.3. The molecule has 2 aromatic carbocycles. The molecule has 0 saturated heterocycles. The number of hydrogen-bond donors (Lipinski definition) is 3. The summed E-state index contributed by atoms with van der Waals surface area (Å²) in [5.74, 6) is 0.902. The maximum Gasteiger partial charge on any atom is 0.159 e. The van der Waals surface area contributed by atoms with Crippen LogP contribution in [0.4, 0.5) is 28.7 Å². The van der Waals surface area contributed by atoms with Gasteiger partial charge in [-0.1, -0.05) is 29.3 Å². The van der Waals surface area contributed by atoms with Crippen LogP contribution in [-0.4, -0.2) is 15.0 Å². The van der Waals surface area contributed by atoms with Crippen LogP contribution in [0.2, 0.25) is 10.0 Å². The number of nitrogens with zero attached hydrogens (tertiary/aromatic N) is 3. The number of benzene rings is 2. The van der Waals surface area contributed by atoms with Crippen LogP contribution in [0.15, 0.2) is 54.9 Å². The summed E-state index contributed by atoms with van der Waals surface area (Å²) < 4.78 is 0. The van der Waals surface area contributed by atoms with Crippen molar-refractivity contribution in [1.29, 1.82) is 0 Å². The molecule has 0 spiro atoms. The number of aromatic nitrogens is 3. The van der Waals surface area contributed by atoms with Gasteiger partial charge in [-0.05, 0) is 49.4 Å². The highest BCUT2D eigenvalue weighted by Crippen LogP contribution is 2.33. The SMILES string of the molecule is Cc1ccc2c(Nc3ncnc(Nc4cc(Cl)ccc4Cl)c3N)cccc2n1. The van der Waals surface area contributed by atoms with E-state index in [0.717, 1.165) is 22.3 Å². The molecular weight excluding hydrogens is 395 g/mol. The zero-order chi connectivity index (χ0) is 19.7. The van der Waals surface area contributed by atoms with Crippen LogP contribution in [0.5, 0.6) is 0 Å². The van der Waals surface area contributed by atoms with Crippen molar-refractivity contribution in [3.8, 4) is 0 Å². The van der Waals surface area contributed by atoms with Crippen LogP contribution in [0.3, 0.4) is 0 Å². The Bertz CT molecular complexity index is 1180. The predicted molar refractivity (Wildman–Crippen MR) is 116 cm³/mol. The van der Waals surface area contributed by atoms with Crippen LogP contribution in [0.1, 0.15) is 5.69 Å². The van der Waals surface area contributed by atoms with E-state index in [-0.39, 0.29) is 0 Å². The van der Waals surface area contributed by atoms with Gasteiger partial charge in [-0.3, -0.25) is 4.98 Å². The molecule has 0 atom stereocenters. The Hall–Kier alpha value is -3.09. The monoisotopic (exact) mass is 410 g/mol. The van der Waals surface area contributed by atoms with Crippen LogP contribution < -0.4 is 16.4 Å². The van der Waals surface area contributed by atoms with Gasteiger partial charge in [0.15, 0.2) is 11.6 Å². The van der Waals surface area contributed by atoms with E-state index in [1.165, 1.54) is 6.33 Å². The number of halogens is 2. The molecule has 0 fully saturated rings. The predicted octanol–water partition coefficient (Wildman–Crippen LogP) is 5.71. The third-order valence-corrected chi connectivity index (χ3v) is 4.75. The summed E-state index contributed by atoms with van der Waals surface area (Å²) in [7, 11) is 0. The first-order chi connectivity index (χ1) is 13.5. The lowest BCUT2D eigenvalue weighted by Gasteiger charge is -2.14. The van der Waals surface area contributed by atoms with Crippen LogP contribution in [0.25, 0.3) is 10.9 Å². The van der Waals surface area contributed by atoms with Crippen LogP contribution in [-0.2, 0) is 0 Å². The summed E-state index contributed by atoms with van der Waals surface area (Å²) in [5, 5.41) is 8.41. The lowest BCUT2D eigenvalue weighted by Crippen LogP contribution is -2.05. The second kappa shape index (κ2) is 7.50. The van der Waals surface area contributed by atoms with Crippen molar-refractivity contribution in [1.82, 2.24) is 15.0 Å². The number of nitrogens with one attached hydrogen (secondary N) is 2. The maximum atomic E-state index is 6.29. The highest BCUT2D eigenvalue weighted by molar-refractivity contribution is 6.35. The highest BCUT2D eigenvalue weighted by atomic mass is 35.5. The van der Waals surface area contributed by atoms with Gasteiger partial charge in [0.1, 0.15) is 12.0 Å². The molecule has 0 aliphatic heterocycles. The molecule has 0 aliphatic carbocycles. The van der Waals surface area contributed by atoms with Gasteiger partial charge in [0.2, 0.25) is 0 Å². The zero-order valence-corrected chi connectivity index (χ0v) is 16.4. The van der Waals surface area contributed by atoms with Crippen molar-refractivity contribution >= 4 is 62.8 Å². The first-order valence-corrected chi connectivity index (χ1v) is 9.23. The summed E-state index contributed by atoms with van der Waals surface area (Å²) in [6, 6.07) is 14.9. The molecule has 2 aromatic heterocycles. The Morgan fingerprint density at radius 2 is 1.64 bits per heavy atom. The first-order valence-electron chi connectivity index (χ1n) is 8.47. The fraction of sp³-hybridized carbons (Fsp3) is 0.0500. The maximum absolute atomic E-state index is 6.29. The molecule has 8 heteroatoms. The number of rotatable bonds is 4. The molecule has 28 heavy (non-hydrogen) atoms. The summed E-state index contributed by atoms with van der Waals surface area (Å²) in [4.78, 5) is 13.0. The van der Waals surface area contributed by atoms with Crippen LogP contribution >= 0.6 is 23.2 Å². The largest absolute Gasteiger partial charge is 0.393 e. The number of anilines is 5. The normalized spacial score (nSPS) is 10.8. The number of pyridine rings is 1. The van der Waals surface area contributed by atoms with Crippen LogP contribution in [0, 0.1) is 6.92 Å². The quantitative estimate of drug-likeness (QED) is 0.399. The molecule has 2 heterocycles. The molecule has 0 aliphatic rings. The van der Waals surface area contributed by atoms with Crippen molar-refractivity contribution in [3.63, 3.8) is 0 Å². The van der Waals surface area contributed by atoms with Gasteiger partial charge >= 0.3 is 0 Å². The minimum absolute atomic E-state index is 0.357. The third kappa shape index (κ3) is 3.65. The minimum atomic E-state index is 0.357. The van der Waals surface area contributed by atoms with Gasteiger partial charge in [-0.25, -0.2) is 9.97 Å². The van der Waals surface area contributed by atoms with E-state index in [2.05, 4.69) is 25.6 Å². The van der Waals surface area contributed by atoms with Gasteiger partial charge in [0.05, 0.1) is 16.2 Å². The van der Waals surface area contributed by atoms with E-state index in [4.69, 9.17) is 28.9 Å². The second-order valence-corrected chi connectivity index (χ2v) is 7.03. The number of nitrogen functional groups attached to an aromatic ring is 1. The van der Waals surface area contributed by atoms with Gasteiger partial charge in [0.25, 0.3) is 0 Å². The topological polar surface area (TPSA) is 88.8 Å². The summed E-state index contributed by atoms with van der Waals surface area (Å²) in [6.07, 6.45) is 1.42.